The average molecular weight is 217 g/mol. The van der Waals surface area contributed by atoms with Gasteiger partial charge in [0.2, 0.25) is 0 Å². The normalized spacial score (nSPS) is 10.3. The summed E-state index contributed by atoms with van der Waals surface area (Å²) in [6.07, 6.45) is 3.64. The van der Waals surface area contributed by atoms with Crippen molar-refractivity contribution in [1.29, 1.82) is 0 Å². The molecule has 2 N–H and O–H groups in total. The lowest BCUT2D eigenvalue weighted by atomic mass is 10.2. The van der Waals surface area contributed by atoms with Crippen LogP contribution in [0.2, 0.25) is 0 Å². The van der Waals surface area contributed by atoms with Crippen molar-refractivity contribution in [2.45, 2.75) is 20.1 Å². The van der Waals surface area contributed by atoms with Crippen LogP contribution in [0.3, 0.4) is 0 Å². The minimum atomic E-state index is 0.511. The molecule has 2 aromatic rings. The second-order valence-electron chi connectivity index (χ2n) is 3.53. The average Bonchev–Trinajstić information content (AvgIpc) is 2.76. The summed E-state index contributed by atoms with van der Waals surface area (Å²) in [6.45, 7) is 3.42. The van der Waals surface area contributed by atoms with E-state index in [2.05, 4.69) is 11.9 Å². The van der Waals surface area contributed by atoms with Crippen LogP contribution in [-0.2, 0) is 13.2 Å². The number of anilines is 1. The molecule has 1 heterocycles. The Hall–Kier alpha value is -1.97. The van der Waals surface area contributed by atoms with Gasteiger partial charge in [-0.25, -0.2) is 4.98 Å². The summed E-state index contributed by atoms with van der Waals surface area (Å²) in [5.41, 5.74) is 7.45. The lowest BCUT2D eigenvalue weighted by Gasteiger charge is -2.07. The molecule has 0 aliphatic rings. The molecule has 0 saturated carbocycles. The van der Waals surface area contributed by atoms with Crippen LogP contribution in [0.5, 0.6) is 6.01 Å². The molecule has 4 heteroatoms. The van der Waals surface area contributed by atoms with E-state index >= 15 is 0 Å². The first-order valence-corrected chi connectivity index (χ1v) is 5.28. The molecule has 0 unspecified atom stereocenters. The van der Waals surface area contributed by atoms with E-state index in [1.165, 1.54) is 0 Å². The van der Waals surface area contributed by atoms with Gasteiger partial charge in [0.15, 0.2) is 0 Å². The molecule has 0 bridgehead atoms. The van der Waals surface area contributed by atoms with E-state index in [-0.39, 0.29) is 0 Å². The van der Waals surface area contributed by atoms with Crippen LogP contribution < -0.4 is 10.5 Å². The zero-order valence-corrected chi connectivity index (χ0v) is 9.26. The maximum Gasteiger partial charge on any atom is 0.296 e. The SMILES string of the molecule is CCn1ccnc1OCc1ccc(N)cc1. The maximum absolute atomic E-state index is 5.61. The van der Waals surface area contributed by atoms with Crippen LogP contribution in [0, 0.1) is 0 Å². The predicted molar refractivity (Wildman–Crippen MR) is 63.1 cm³/mol. The minimum Gasteiger partial charge on any atom is -0.460 e. The fraction of sp³-hybridized carbons (Fsp3) is 0.250. The van der Waals surface area contributed by atoms with Gasteiger partial charge in [-0.15, -0.1) is 0 Å². The first kappa shape index (κ1) is 10.5. The molecule has 0 radical (unpaired) electrons. The van der Waals surface area contributed by atoms with Crippen molar-refractivity contribution in [3.63, 3.8) is 0 Å². The van der Waals surface area contributed by atoms with Crippen LogP contribution >= 0.6 is 0 Å². The zero-order chi connectivity index (χ0) is 11.4. The van der Waals surface area contributed by atoms with Crippen LogP contribution in [-0.4, -0.2) is 9.55 Å². The minimum absolute atomic E-state index is 0.511. The lowest BCUT2D eigenvalue weighted by molar-refractivity contribution is 0.268. The number of nitrogens with two attached hydrogens (primary N) is 1. The molecule has 0 atom stereocenters. The third kappa shape index (κ3) is 2.34. The van der Waals surface area contributed by atoms with Crippen LogP contribution in [0.15, 0.2) is 36.7 Å². The van der Waals surface area contributed by atoms with Crippen LogP contribution in [0.1, 0.15) is 12.5 Å². The van der Waals surface area contributed by atoms with Gasteiger partial charge < -0.3 is 15.0 Å². The van der Waals surface area contributed by atoms with Gasteiger partial charge >= 0.3 is 0 Å². The van der Waals surface area contributed by atoms with E-state index in [1.54, 1.807) is 6.20 Å². The van der Waals surface area contributed by atoms with Crippen molar-refractivity contribution in [2.75, 3.05) is 5.73 Å². The molecule has 0 amide bonds. The van der Waals surface area contributed by atoms with Crippen molar-refractivity contribution in [3.05, 3.63) is 42.2 Å². The highest BCUT2D eigenvalue weighted by molar-refractivity contribution is 5.39. The largest absolute Gasteiger partial charge is 0.460 e. The van der Waals surface area contributed by atoms with Crippen molar-refractivity contribution in [1.82, 2.24) is 9.55 Å². The van der Waals surface area contributed by atoms with Crippen molar-refractivity contribution >= 4 is 5.69 Å². The predicted octanol–water partition coefficient (Wildman–Crippen LogP) is 2.06. The Morgan fingerprint density at radius 1 is 1.31 bits per heavy atom. The summed E-state index contributed by atoms with van der Waals surface area (Å²) < 4.78 is 7.56. The Bertz CT molecular complexity index is 448. The van der Waals surface area contributed by atoms with E-state index in [0.717, 1.165) is 17.8 Å². The van der Waals surface area contributed by atoms with Gasteiger partial charge in [-0.2, -0.15) is 0 Å². The number of imidazole rings is 1. The standard InChI is InChI=1S/C12H15N3O/c1-2-15-8-7-14-12(15)16-9-10-3-5-11(13)6-4-10/h3-8H,2,9,13H2,1H3. The van der Waals surface area contributed by atoms with Crippen molar-refractivity contribution in [3.8, 4) is 6.01 Å². The van der Waals surface area contributed by atoms with Crippen LogP contribution in [0.25, 0.3) is 0 Å². The van der Waals surface area contributed by atoms with Gasteiger partial charge in [0.1, 0.15) is 6.61 Å². The quantitative estimate of drug-likeness (QED) is 0.797. The molecule has 16 heavy (non-hydrogen) atoms. The van der Waals surface area contributed by atoms with E-state index < -0.39 is 0 Å². The molecule has 1 aromatic heterocycles. The fourth-order valence-corrected chi connectivity index (χ4v) is 1.44. The molecular formula is C12H15N3O. The smallest absolute Gasteiger partial charge is 0.296 e. The van der Waals surface area contributed by atoms with Gasteiger partial charge in [-0.05, 0) is 24.6 Å². The molecule has 4 nitrogen and oxygen atoms in total. The zero-order valence-electron chi connectivity index (χ0n) is 9.26. The molecule has 0 aliphatic carbocycles. The van der Waals surface area contributed by atoms with E-state index in [9.17, 15) is 0 Å². The van der Waals surface area contributed by atoms with Gasteiger partial charge in [0.05, 0.1) is 0 Å². The number of rotatable bonds is 4. The van der Waals surface area contributed by atoms with E-state index in [0.29, 0.717) is 12.6 Å². The monoisotopic (exact) mass is 217 g/mol. The number of hydrogen-bond acceptors (Lipinski definition) is 3. The summed E-state index contributed by atoms with van der Waals surface area (Å²) in [4.78, 5) is 4.14. The highest BCUT2D eigenvalue weighted by atomic mass is 16.5. The van der Waals surface area contributed by atoms with Gasteiger partial charge in [0, 0.05) is 24.6 Å². The molecule has 84 valence electrons. The Balaban J connectivity index is 1.99. The van der Waals surface area contributed by atoms with Gasteiger partial charge in [-0.3, -0.25) is 0 Å². The van der Waals surface area contributed by atoms with Gasteiger partial charge in [0.25, 0.3) is 6.01 Å². The third-order valence-corrected chi connectivity index (χ3v) is 2.37. The lowest BCUT2D eigenvalue weighted by Crippen LogP contribution is -2.02. The van der Waals surface area contributed by atoms with E-state index in [4.69, 9.17) is 10.5 Å². The Morgan fingerprint density at radius 2 is 2.06 bits per heavy atom. The maximum atomic E-state index is 5.61. The first-order chi connectivity index (χ1) is 7.79. The highest BCUT2D eigenvalue weighted by Gasteiger charge is 2.02. The van der Waals surface area contributed by atoms with E-state index in [1.807, 2.05) is 35.0 Å². The fourth-order valence-electron chi connectivity index (χ4n) is 1.44. The number of nitrogens with zero attached hydrogens (tertiary/aromatic N) is 2. The van der Waals surface area contributed by atoms with Crippen molar-refractivity contribution < 1.29 is 4.74 Å². The topological polar surface area (TPSA) is 53.1 Å². The number of ether oxygens (including phenoxy) is 1. The van der Waals surface area contributed by atoms with Gasteiger partial charge in [-0.1, -0.05) is 12.1 Å². The molecule has 0 saturated heterocycles. The summed E-state index contributed by atoms with van der Waals surface area (Å²) in [5, 5.41) is 0. The summed E-state index contributed by atoms with van der Waals surface area (Å²) >= 11 is 0. The molecule has 0 fully saturated rings. The first-order valence-electron chi connectivity index (χ1n) is 5.28. The number of nitrogen functional groups attached to an aromatic ring is 1. The number of aromatic nitrogens is 2. The number of aryl methyl sites for hydroxylation is 1. The third-order valence-electron chi connectivity index (χ3n) is 2.37. The molecular weight excluding hydrogens is 202 g/mol. The Labute approximate surface area is 94.7 Å². The Kier molecular flexibility index (Phi) is 3.10. The molecule has 1 aromatic carbocycles. The summed E-state index contributed by atoms with van der Waals surface area (Å²) in [7, 11) is 0. The van der Waals surface area contributed by atoms with Crippen LogP contribution in [0.4, 0.5) is 5.69 Å². The second-order valence-corrected chi connectivity index (χ2v) is 3.53. The summed E-state index contributed by atoms with van der Waals surface area (Å²) in [6, 6.07) is 8.29. The number of benzene rings is 1. The highest BCUT2D eigenvalue weighted by Crippen LogP contribution is 2.11. The molecule has 0 aliphatic heterocycles. The second kappa shape index (κ2) is 4.70. The summed E-state index contributed by atoms with van der Waals surface area (Å²) in [5.74, 6) is 0. The molecule has 2 rings (SSSR count). The van der Waals surface area contributed by atoms with Crippen molar-refractivity contribution in [2.24, 2.45) is 0 Å². The Morgan fingerprint density at radius 3 is 2.75 bits per heavy atom. The number of hydrogen-bond donors (Lipinski definition) is 1. The molecule has 0 spiro atoms.